The van der Waals surface area contributed by atoms with E-state index in [1.165, 1.54) is 0 Å². The summed E-state index contributed by atoms with van der Waals surface area (Å²) in [4.78, 5) is 26.4. The van der Waals surface area contributed by atoms with Crippen LogP contribution in [0.1, 0.15) is 18.9 Å². The van der Waals surface area contributed by atoms with Crippen molar-refractivity contribution in [3.05, 3.63) is 46.4 Å². The molecule has 9 heteroatoms. The van der Waals surface area contributed by atoms with Crippen molar-refractivity contribution in [2.45, 2.75) is 25.8 Å². The molecule has 2 N–H and O–H groups in total. The molecule has 176 valence electrons. The highest BCUT2D eigenvalue weighted by Crippen LogP contribution is 2.32. The van der Waals surface area contributed by atoms with E-state index in [9.17, 15) is 15.0 Å². The van der Waals surface area contributed by atoms with Gasteiger partial charge in [-0.3, -0.25) is 4.90 Å². The Balaban J connectivity index is 1.72. The van der Waals surface area contributed by atoms with Gasteiger partial charge >= 0.3 is 5.63 Å². The Morgan fingerprint density at radius 3 is 2.76 bits per heavy atom. The Bertz CT molecular complexity index is 1160. The van der Waals surface area contributed by atoms with Crippen molar-refractivity contribution < 1.29 is 19.4 Å². The maximum Gasteiger partial charge on any atom is 0.347 e. The molecule has 0 unspecified atom stereocenters. The van der Waals surface area contributed by atoms with Crippen molar-refractivity contribution in [3.8, 4) is 17.2 Å². The number of methoxy groups -OCH3 is 1. The van der Waals surface area contributed by atoms with Crippen LogP contribution in [0.5, 0.6) is 5.75 Å². The van der Waals surface area contributed by atoms with Gasteiger partial charge in [0.2, 0.25) is 5.89 Å². The molecule has 0 aliphatic carbocycles. The molecule has 9 nitrogen and oxygen atoms in total. The SMILES string of the molecule is CCc1cc(OC)cc2nc(-c3cccnc3N3CC[C@H](N(CCO)CCO)C3)oc(=O)c12. The second-order valence-corrected chi connectivity index (χ2v) is 8.09. The van der Waals surface area contributed by atoms with Crippen LogP contribution in [0, 0.1) is 0 Å². The molecule has 0 saturated carbocycles. The van der Waals surface area contributed by atoms with Gasteiger partial charge in [-0.05, 0) is 36.6 Å². The quantitative estimate of drug-likeness (QED) is 0.499. The summed E-state index contributed by atoms with van der Waals surface area (Å²) in [6.07, 6.45) is 3.25. The van der Waals surface area contributed by atoms with Crippen LogP contribution in [-0.4, -0.2) is 77.6 Å². The van der Waals surface area contributed by atoms with E-state index in [0.29, 0.717) is 54.1 Å². The van der Waals surface area contributed by atoms with Crippen LogP contribution in [0.3, 0.4) is 0 Å². The van der Waals surface area contributed by atoms with Crippen LogP contribution >= 0.6 is 0 Å². The lowest BCUT2D eigenvalue weighted by Gasteiger charge is -2.28. The molecule has 33 heavy (non-hydrogen) atoms. The van der Waals surface area contributed by atoms with Gasteiger partial charge in [0.05, 0.1) is 36.8 Å². The van der Waals surface area contributed by atoms with Crippen molar-refractivity contribution in [1.29, 1.82) is 0 Å². The van der Waals surface area contributed by atoms with E-state index in [-0.39, 0.29) is 25.1 Å². The first-order valence-corrected chi connectivity index (χ1v) is 11.3. The van der Waals surface area contributed by atoms with Gasteiger partial charge in [0.1, 0.15) is 11.6 Å². The average Bonchev–Trinajstić information content (AvgIpc) is 3.33. The summed E-state index contributed by atoms with van der Waals surface area (Å²) >= 11 is 0. The highest BCUT2D eigenvalue weighted by atomic mass is 16.5. The molecule has 1 aliphatic heterocycles. The zero-order chi connectivity index (χ0) is 23.4. The van der Waals surface area contributed by atoms with Crippen LogP contribution in [0.15, 0.2) is 39.7 Å². The van der Waals surface area contributed by atoms with Crippen LogP contribution in [-0.2, 0) is 6.42 Å². The summed E-state index contributed by atoms with van der Waals surface area (Å²) in [7, 11) is 1.59. The van der Waals surface area contributed by atoms with Gasteiger partial charge in [0.25, 0.3) is 0 Å². The molecule has 3 aromatic rings. The molecule has 1 fully saturated rings. The van der Waals surface area contributed by atoms with Crippen LogP contribution < -0.4 is 15.3 Å². The number of rotatable bonds is 9. The number of anilines is 1. The molecular formula is C24H30N4O5. The molecule has 1 aromatic carbocycles. The number of aliphatic hydroxyl groups excluding tert-OH is 2. The molecule has 1 saturated heterocycles. The highest BCUT2D eigenvalue weighted by molar-refractivity contribution is 5.84. The summed E-state index contributed by atoms with van der Waals surface area (Å²) in [6, 6.07) is 7.42. The normalized spacial score (nSPS) is 16.2. The van der Waals surface area contributed by atoms with Crippen molar-refractivity contribution in [3.63, 3.8) is 0 Å². The number of fused-ring (bicyclic) bond motifs is 1. The fraction of sp³-hybridized carbons (Fsp3) is 0.458. The number of pyridine rings is 1. The van der Waals surface area contributed by atoms with Crippen LogP contribution in [0.4, 0.5) is 5.82 Å². The number of ether oxygens (including phenoxy) is 1. The number of aryl methyl sites for hydroxylation is 1. The average molecular weight is 455 g/mol. The number of aliphatic hydroxyl groups is 2. The van der Waals surface area contributed by atoms with E-state index >= 15 is 0 Å². The second kappa shape index (κ2) is 10.3. The lowest BCUT2D eigenvalue weighted by atomic mass is 10.1. The summed E-state index contributed by atoms with van der Waals surface area (Å²) < 4.78 is 11.1. The maximum atomic E-state index is 12.9. The minimum absolute atomic E-state index is 0.0424. The number of nitrogens with zero attached hydrogens (tertiary/aromatic N) is 4. The third-order valence-corrected chi connectivity index (χ3v) is 6.18. The molecule has 3 heterocycles. The zero-order valence-electron chi connectivity index (χ0n) is 19.0. The van der Waals surface area contributed by atoms with Gasteiger partial charge < -0.3 is 24.3 Å². The third kappa shape index (κ3) is 4.71. The van der Waals surface area contributed by atoms with Crippen LogP contribution in [0.2, 0.25) is 0 Å². The Morgan fingerprint density at radius 1 is 1.27 bits per heavy atom. The highest BCUT2D eigenvalue weighted by Gasteiger charge is 2.30. The minimum Gasteiger partial charge on any atom is -0.497 e. The fourth-order valence-electron chi connectivity index (χ4n) is 4.55. The summed E-state index contributed by atoms with van der Waals surface area (Å²) in [5, 5.41) is 19.2. The molecule has 0 spiro atoms. The Labute approximate surface area is 192 Å². The smallest absolute Gasteiger partial charge is 0.347 e. The molecular weight excluding hydrogens is 424 g/mol. The van der Waals surface area contributed by atoms with Gasteiger partial charge in [-0.15, -0.1) is 0 Å². The summed E-state index contributed by atoms with van der Waals surface area (Å²) in [6.45, 7) is 4.53. The van der Waals surface area contributed by atoms with Crippen molar-refractivity contribution in [1.82, 2.24) is 14.9 Å². The standard InChI is InChI=1S/C24H30N4O5/c1-3-16-13-18(32-2)14-20-21(16)24(31)33-23(26-20)19-5-4-7-25-22(19)28-8-6-17(15-28)27(9-11-29)10-12-30/h4-5,7,13-14,17,29-30H,3,6,8-12,15H2,1-2H3/t17-/m0/s1. The van der Waals surface area contributed by atoms with Gasteiger partial charge in [0.15, 0.2) is 0 Å². The van der Waals surface area contributed by atoms with E-state index in [2.05, 4.69) is 19.8 Å². The predicted molar refractivity (Wildman–Crippen MR) is 126 cm³/mol. The summed E-state index contributed by atoms with van der Waals surface area (Å²) in [5.74, 6) is 1.56. The lowest BCUT2D eigenvalue weighted by molar-refractivity contribution is 0.129. The number of aromatic nitrogens is 2. The first-order valence-electron chi connectivity index (χ1n) is 11.3. The van der Waals surface area contributed by atoms with Crippen molar-refractivity contribution in [2.75, 3.05) is 51.4 Å². The number of hydrogen-bond acceptors (Lipinski definition) is 9. The van der Waals surface area contributed by atoms with E-state index in [4.69, 9.17) is 9.15 Å². The first-order chi connectivity index (χ1) is 16.1. The Morgan fingerprint density at radius 2 is 2.06 bits per heavy atom. The Kier molecular flexibility index (Phi) is 7.22. The maximum absolute atomic E-state index is 12.9. The number of hydrogen-bond donors (Lipinski definition) is 2. The molecule has 4 rings (SSSR count). The van der Waals surface area contributed by atoms with Gasteiger partial charge in [-0.1, -0.05) is 6.92 Å². The molecule has 0 bridgehead atoms. The van der Waals surface area contributed by atoms with Crippen molar-refractivity contribution >= 4 is 16.7 Å². The molecule has 1 atom stereocenters. The minimum atomic E-state index is -0.430. The van der Waals surface area contributed by atoms with Gasteiger partial charge in [0, 0.05) is 44.5 Å². The molecule has 2 aromatic heterocycles. The largest absolute Gasteiger partial charge is 0.497 e. The lowest BCUT2D eigenvalue weighted by Crippen LogP contribution is -2.41. The van der Waals surface area contributed by atoms with Crippen LogP contribution in [0.25, 0.3) is 22.4 Å². The van der Waals surface area contributed by atoms with Gasteiger partial charge in [-0.2, -0.15) is 0 Å². The fourth-order valence-corrected chi connectivity index (χ4v) is 4.55. The first kappa shape index (κ1) is 23.2. The topological polar surface area (TPSA) is 112 Å². The molecule has 0 amide bonds. The monoisotopic (exact) mass is 454 g/mol. The zero-order valence-corrected chi connectivity index (χ0v) is 19.0. The molecule has 1 aliphatic rings. The Hall–Kier alpha value is -3.01. The van der Waals surface area contributed by atoms with E-state index < -0.39 is 5.63 Å². The van der Waals surface area contributed by atoms with E-state index in [1.807, 2.05) is 19.1 Å². The predicted octanol–water partition coefficient (Wildman–Crippen LogP) is 1.69. The third-order valence-electron chi connectivity index (χ3n) is 6.18. The number of benzene rings is 1. The van der Waals surface area contributed by atoms with Crippen molar-refractivity contribution in [2.24, 2.45) is 0 Å². The summed E-state index contributed by atoms with van der Waals surface area (Å²) in [5.41, 5.74) is 1.58. The van der Waals surface area contributed by atoms with Gasteiger partial charge in [-0.25, -0.2) is 14.8 Å². The molecule has 0 radical (unpaired) electrons. The van der Waals surface area contributed by atoms with E-state index in [0.717, 1.165) is 18.5 Å². The van der Waals surface area contributed by atoms with E-state index in [1.54, 1.807) is 25.4 Å². The second-order valence-electron chi connectivity index (χ2n) is 8.09.